The van der Waals surface area contributed by atoms with Crippen LogP contribution in [0.5, 0.6) is 5.75 Å². The van der Waals surface area contributed by atoms with Crippen LogP contribution in [0, 0.1) is 10.1 Å². The summed E-state index contributed by atoms with van der Waals surface area (Å²) in [6.45, 7) is 5.08. The molecule has 0 saturated heterocycles. The molecule has 3 rings (SSSR count). The van der Waals surface area contributed by atoms with Crippen LogP contribution in [0.3, 0.4) is 0 Å². The molecular formula is C22H27N5O5S. The zero-order valence-corrected chi connectivity index (χ0v) is 19.9. The highest BCUT2D eigenvalue weighted by molar-refractivity contribution is 7.89. The maximum Gasteiger partial charge on any atom is 0.293 e. The first kappa shape index (κ1) is 24.2. The van der Waals surface area contributed by atoms with Gasteiger partial charge < -0.3 is 14.6 Å². The number of methoxy groups -OCH3 is 1. The first-order valence-electron chi connectivity index (χ1n) is 10.1. The third-order valence-corrected chi connectivity index (χ3v) is 6.54. The van der Waals surface area contributed by atoms with E-state index in [1.54, 1.807) is 50.9 Å². The Labute approximate surface area is 192 Å². The van der Waals surface area contributed by atoms with E-state index in [9.17, 15) is 18.5 Å². The Hall–Kier alpha value is -3.44. The molecule has 0 unspecified atom stereocenters. The molecule has 0 bridgehead atoms. The summed E-state index contributed by atoms with van der Waals surface area (Å²) >= 11 is 0. The largest absolute Gasteiger partial charge is 0.496 e. The van der Waals surface area contributed by atoms with Gasteiger partial charge in [0, 0.05) is 36.6 Å². The molecule has 11 heteroatoms. The summed E-state index contributed by atoms with van der Waals surface area (Å²) in [7, 11) is -0.596. The van der Waals surface area contributed by atoms with E-state index in [1.807, 2.05) is 25.2 Å². The fourth-order valence-electron chi connectivity index (χ4n) is 3.41. The Morgan fingerprint density at radius 3 is 2.45 bits per heavy atom. The number of anilines is 1. The number of imidazole rings is 1. The minimum atomic E-state index is -3.95. The molecule has 0 aliphatic rings. The van der Waals surface area contributed by atoms with Crippen molar-refractivity contribution in [3.63, 3.8) is 0 Å². The van der Waals surface area contributed by atoms with E-state index in [0.717, 1.165) is 11.6 Å². The molecule has 0 aliphatic carbocycles. The van der Waals surface area contributed by atoms with Crippen LogP contribution < -0.4 is 14.8 Å². The maximum atomic E-state index is 12.7. The van der Waals surface area contributed by atoms with E-state index >= 15 is 0 Å². The fraction of sp³-hybridized carbons (Fsp3) is 0.318. The molecule has 3 aromatic rings. The highest BCUT2D eigenvalue weighted by Gasteiger charge is 2.28. The maximum absolute atomic E-state index is 12.7. The lowest BCUT2D eigenvalue weighted by molar-refractivity contribution is -0.384. The molecular weight excluding hydrogens is 446 g/mol. The summed E-state index contributed by atoms with van der Waals surface area (Å²) in [6, 6.07) is 10.4. The summed E-state index contributed by atoms with van der Waals surface area (Å²) in [5.41, 5.74) is -0.248. The average Bonchev–Trinajstić information content (AvgIpc) is 3.15. The van der Waals surface area contributed by atoms with E-state index in [-0.39, 0.29) is 16.3 Å². The molecule has 0 aliphatic heterocycles. The van der Waals surface area contributed by atoms with Crippen molar-refractivity contribution in [3.05, 3.63) is 76.4 Å². The van der Waals surface area contributed by atoms with Crippen LogP contribution in [0.25, 0.3) is 0 Å². The van der Waals surface area contributed by atoms with Gasteiger partial charge in [0.25, 0.3) is 5.69 Å². The van der Waals surface area contributed by atoms with Gasteiger partial charge in [-0.25, -0.2) is 18.1 Å². The van der Waals surface area contributed by atoms with Crippen molar-refractivity contribution in [3.8, 4) is 5.75 Å². The summed E-state index contributed by atoms with van der Waals surface area (Å²) in [5.74, 6) is 1.18. The monoisotopic (exact) mass is 473 g/mol. The van der Waals surface area contributed by atoms with Crippen molar-refractivity contribution in [1.29, 1.82) is 0 Å². The molecule has 2 N–H and O–H groups in total. The Balaban J connectivity index is 2.10. The lowest BCUT2D eigenvalue weighted by atomic mass is 10.0. The van der Waals surface area contributed by atoms with Crippen LogP contribution in [0.1, 0.15) is 38.2 Å². The van der Waals surface area contributed by atoms with E-state index in [0.29, 0.717) is 11.6 Å². The number of ether oxygens (including phenoxy) is 1. The molecule has 33 heavy (non-hydrogen) atoms. The van der Waals surface area contributed by atoms with E-state index < -0.39 is 26.5 Å². The second-order valence-corrected chi connectivity index (χ2v) is 10.2. The third kappa shape index (κ3) is 5.49. The number of benzene rings is 2. The molecule has 1 heterocycles. The van der Waals surface area contributed by atoms with Gasteiger partial charge in [-0.2, -0.15) is 0 Å². The predicted octanol–water partition coefficient (Wildman–Crippen LogP) is 3.62. The molecule has 0 spiro atoms. The smallest absolute Gasteiger partial charge is 0.293 e. The summed E-state index contributed by atoms with van der Waals surface area (Å²) in [4.78, 5) is 15.5. The van der Waals surface area contributed by atoms with Crippen molar-refractivity contribution in [1.82, 2.24) is 14.3 Å². The van der Waals surface area contributed by atoms with E-state index in [2.05, 4.69) is 15.0 Å². The lowest BCUT2D eigenvalue weighted by Crippen LogP contribution is -2.40. The Kier molecular flexibility index (Phi) is 6.75. The molecule has 2 aromatic carbocycles. The minimum absolute atomic E-state index is 0.147. The first-order chi connectivity index (χ1) is 15.4. The molecule has 0 fully saturated rings. The molecule has 1 aromatic heterocycles. The van der Waals surface area contributed by atoms with Crippen LogP contribution >= 0.6 is 0 Å². The number of nitrogens with one attached hydrogen (secondary N) is 2. The minimum Gasteiger partial charge on any atom is -0.496 e. The Morgan fingerprint density at radius 1 is 1.18 bits per heavy atom. The number of rotatable bonds is 8. The van der Waals surface area contributed by atoms with Crippen molar-refractivity contribution in [2.45, 2.75) is 37.2 Å². The van der Waals surface area contributed by atoms with Gasteiger partial charge in [-0.15, -0.1) is 0 Å². The SMILES string of the molecule is COc1ccccc1[C@H](Nc1ccc(S(=O)(=O)NC(C)(C)C)cc1[N+](=O)[O-])c1nccn1C. The zero-order valence-electron chi connectivity index (χ0n) is 19.1. The number of sulfonamides is 1. The standard InChI is InChI=1S/C22H27N5O5S/c1-22(2,3)25-33(30,31)15-10-11-17(18(14-15)27(28)29)24-20(21-23-12-13-26(21)4)16-8-6-7-9-19(16)32-5/h6-14,20,24-25H,1-5H3/t20-/m0/s1. The van der Waals surface area contributed by atoms with Crippen LogP contribution in [-0.2, 0) is 17.1 Å². The van der Waals surface area contributed by atoms with Gasteiger partial charge in [0.1, 0.15) is 23.3 Å². The average molecular weight is 474 g/mol. The summed E-state index contributed by atoms with van der Waals surface area (Å²) in [5, 5.41) is 15.1. The van der Waals surface area contributed by atoms with Gasteiger partial charge >= 0.3 is 0 Å². The number of para-hydroxylation sites is 1. The molecule has 0 amide bonds. The van der Waals surface area contributed by atoms with Gasteiger partial charge in [0.05, 0.1) is 16.9 Å². The van der Waals surface area contributed by atoms with Gasteiger partial charge in [-0.3, -0.25) is 10.1 Å². The van der Waals surface area contributed by atoms with Crippen LogP contribution in [-0.4, -0.2) is 35.5 Å². The number of hydrogen-bond donors (Lipinski definition) is 2. The van der Waals surface area contributed by atoms with Crippen LogP contribution in [0.2, 0.25) is 0 Å². The molecule has 0 saturated carbocycles. The fourth-order valence-corrected chi connectivity index (χ4v) is 4.85. The Morgan fingerprint density at radius 2 is 1.88 bits per heavy atom. The van der Waals surface area contributed by atoms with Crippen molar-refractivity contribution in [2.24, 2.45) is 7.05 Å². The Bertz CT molecular complexity index is 1260. The van der Waals surface area contributed by atoms with Crippen LogP contribution in [0.15, 0.2) is 59.8 Å². The lowest BCUT2D eigenvalue weighted by Gasteiger charge is -2.23. The molecule has 176 valence electrons. The normalized spacial score (nSPS) is 12.9. The van der Waals surface area contributed by atoms with Crippen molar-refractivity contribution < 1.29 is 18.1 Å². The zero-order chi connectivity index (χ0) is 24.4. The quantitative estimate of drug-likeness (QED) is 0.378. The summed E-state index contributed by atoms with van der Waals surface area (Å²) < 4.78 is 35.2. The van der Waals surface area contributed by atoms with Gasteiger partial charge in [0.15, 0.2) is 0 Å². The van der Waals surface area contributed by atoms with Gasteiger partial charge in [0.2, 0.25) is 10.0 Å². The highest BCUT2D eigenvalue weighted by Crippen LogP contribution is 2.36. The number of hydrogen-bond acceptors (Lipinski definition) is 7. The van der Waals surface area contributed by atoms with Crippen LogP contribution in [0.4, 0.5) is 11.4 Å². The highest BCUT2D eigenvalue weighted by atomic mass is 32.2. The summed E-state index contributed by atoms with van der Waals surface area (Å²) in [6.07, 6.45) is 3.39. The number of nitro benzene ring substituents is 1. The first-order valence-corrected chi connectivity index (χ1v) is 11.6. The molecule has 1 atom stereocenters. The third-order valence-electron chi connectivity index (χ3n) is 4.78. The second kappa shape index (κ2) is 9.20. The predicted molar refractivity (Wildman–Crippen MR) is 125 cm³/mol. The number of aromatic nitrogens is 2. The molecule has 10 nitrogen and oxygen atoms in total. The van der Waals surface area contributed by atoms with Crippen molar-refractivity contribution in [2.75, 3.05) is 12.4 Å². The molecule has 0 radical (unpaired) electrons. The van der Waals surface area contributed by atoms with E-state index in [4.69, 9.17) is 4.74 Å². The topological polar surface area (TPSA) is 128 Å². The van der Waals surface area contributed by atoms with Gasteiger partial charge in [-0.1, -0.05) is 18.2 Å². The number of nitrogens with zero attached hydrogens (tertiary/aromatic N) is 3. The van der Waals surface area contributed by atoms with Gasteiger partial charge in [-0.05, 0) is 39.0 Å². The second-order valence-electron chi connectivity index (χ2n) is 8.51. The number of aryl methyl sites for hydroxylation is 1. The van der Waals surface area contributed by atoms with Crippen molar-refractivity contribution >= 4 is 21.4 Å². The van der Waals surface area contributed by atoms with E-state index in [1.165, 1.54) is 12.1 Å². The number of nitro groups is 1.